The number of rotatable bonds is 1. The second-order valence-corrected chi connectivity index (χ2v) is 3.93. The zero-order chi connectivity index (χ0) is 11.0. The molecule has 0 unspecified atom stereocenters. The highest BCUT2D eigenvalue weighted by molar-refractivity contribution is 5.91. The number of nitrogen functional groups attached to an aromatic ring is 1. The minimum atomic E-state index is 0.0230. The molecule has 3 nitrogen and oxygen atoms in total. The Morgan fingerprint density at radius 2 is 1.93 bits per heavy atom. The van der Waals surface area contributed by atoms with Gasteiger partial charge in [-0.2, -0.15) is 0 Å². The van der Waals surface area contributed by atoms with Crippen LogP contribution in [0.5, 0.6) is 0 Å². The Hall–Kier alpha value is -1.77. The van der Waals surface area contributed by atoms with Crippen LogP contribution in [0.4, 0.5) is 5.69 Å². The van der Waals surface area contributed by atoms with Gasteiger partial charge < -0.3 is 10.3 Å². The first kappa shape index (κ1) is 9.77. The van der Waals surface area contributed by atoms with E-state index in [-0.39, 0.29) is 11.6 Å². The van der Waals surface area contributed by atoms with Crippen molar-refractivity contribution in [2.45, 2.75) is 19.9 Å². The molecule has 0 aliphatic rings. The van der Waals surface area contributed by atoms with Gasteiger partial charge in [0.2, 0.25) is 0 Å². The fraction of sp³-hybridized carbons (Fsp3) is 0.250. The summed E-state index contributed by atoms with van der Waals surface area (Å²) in [7, 11) is 0. The van der Waals surface area contributed by atoms with Crippen LogP contribution in [0.15, 0.2) is 35.3 Å². The molecule has 0 aliphatic heterocycles. The molecule has 0 saturated heterocycles. The third kappa shape index (κ3) is 1.50. The van der Waals surface area contributed by atoms with Crippen molar-refractivity contribution in [2.24, 2.45) is 0 Å². The standard InChI is InChI=1S/C12H14N2O/c1-8(2)14-7-6-9-10(12(14)15)4-3-5-11(9)13/h3-8H,13H2,1-2H3. The Bertz CT molecular complexity index is 555. The summed E-state index contributed by atoms with van der Waals surface area (Å²) in [5.41, 5.74) is 6.48. The molecule has 1 heterocycles. The summed E-state index contributed by atoms with van der Waals surface area (Å²) in [6.07, 6.45) is 1.80. The van der Waals surface area contributed by atoms with E-state index in [1.165, 1.54) is 0 Å². The van der Waals surface area contributed by atoms with Crippen molar-refractivity contribution in [2.75, 3.05) is 5.73 Å². The second-order valence-electron chi connectivity index (χ2n) is 3.93. The monoisotopic (exact) mass is 202 g/mol. The van der Waals surface area contributed by atoms with Crippen LogP contribution in [0.2, 0.25) is 0 Å². The molecule has 15 heavy (non-hydrogen) atoms. The zero-order valence-corrected chi connectivity index (χ0v) is 8.90. The van der Waals surface area contributed by atoms with Gasteiger partial charge in [0, 0.05) is 28.7 Å². The highest BCUT2D eigenvalue weighted by Gasteiger charge is 2.06. The molecule has 0 amide bonds. The maximum atomic E-state index is 12.0. The van der Waals surface area contributed by atoms with E-state index in [2.05, 4.69) is 0 Å². The molecule has 2 aromatic rings. The number of hydrogen-bond acceptors (Lipinski definition) is 2. The lowest BCUT2D eigenvalue weighted by Crippen LogP contribution is -2.21. The summed E-state index contributed by atoms with van der Waals surface area (Å²) in [4.78, 5) is 12.0. The maximum absolute atomic E-state index is 12.0. The van der Waals surface area contributed by atoms with Gasteiger partial charge >= 0.3 is 0 Å². The van der Waals surface area contributed by atoms with E-state index in [1.807, 2.05) is 38.1 Å². The molecular weight excluding hydrogens is 188 g/mol. The van der Waals surface area contributed by atoms with Gasteiger partial charge in [0.05, 0.1) is 0 Å². The smallest absolute Gasteiger partial charge is 0.258 e. The Morgan fingerprint density at radius 3 is 2.60 bits per heavy atom. The molecule has 78 valence electrons. The van der Waals surface area contributed by atoms with Gasteiger partial charge in [0.1, 0.15) is 0 Å². The lowest BCUT2D eigenvalue weighted by atomic mass is 10.1. The lowest BCUT2D eigenvalue weighted by Gasteiger charge is -2.11. The number of benzene rings is 1. The predicted molar refractivity (Wildman–Crippen MR) is 63.0 cm³/mol. The van der Waals surface area contributed by atoms with Crippen molar-refractivity contribution >= 4 is 16.5 Å². The van der Waals surface area contributed by atoms with Gasteiger partial charge in [-0.3, -0.25) is 4.79 Å². The van der Waals surface area contributed by atoms with E-state index in [1.54, 1.807) is 10.8 Å². The lowest BCUT2D eigenvalue weighted by molar-refractivity contribution is 0.583. The van der Waals surface area contributed by atoms with E-state index in [0.717, 1.165) is 5.39 Å². The first-order chi connectivity index (χ1) is 7.11. The number of pyridine rings is 1. The average molecular weight is 202 g/mol. The number of anilines is 1. The minimum absolute atomic E-state index is 0.0230. The summed E-state index contributed by atoms with van der Waals surface area (Å²) in [6, 6.07) is 7.49. The highest BCUT2D eigenvalue weighted by Crippen LogP contribution is 2.17. The fourth-order valence-electron chi connectivity index (χ4n) is 1.72. The van der Waals surface area contributed by atoms with Crippen molar-refractivity contribution in [3.63, 3.8) is 0 Å². The van der Waals surface area contributed by atoms with Crippen molar-refractivity contribution < 1.29 is 0 Å². The van der Waals surface area contributed by atoms with Gasteiger partial charge in [0.25, 0.3) is 5.56 Å². The molecule has 1 aromatic carbocycles. The number of fused-ring (bicyclic) bond motifs is 1. The van der Waals surface area contributed by atoms with Crippen LogP contribution in [-0.2, 0) is 0 Å². The Morgan fingerprint density at radius 1 is 1.20 bits per heavy atom. The van der Waals surface area contributed by atoms with Crippen molar-refractivity contribution in [3.8, 4) is 0 Å². The molecular formula is C12H14N2O. The van der Waals surface area contributed by atoms with E-state index < -0.39 is 0 Å². The van der Waals surface area contributed by atoms with Crippen molar-refractivity contribution in [1.82, 2.24) is 4.57 Å². The van der Waals surface area contributed by atoms with Crippen molar-refractivity contribution in [3.05, 3.63) is 40.8 Å². The molecule has 0 aliphatic carbocycles. The summed E-state index contributed by atoms with van der Waals surface area (Å²) in [6.45, 7) is 3.97. The molecule has 0 spiro atoms. The largest absolute Gasteiger partial charge is 0.398 e. The van der Waals surface area contributed by atoms with Crippen molar-refractivity contribution in [1.29, 1.82) is 0 Å². The van der Waals surface area contributed by atoms with E-state index in [9.17, 15) is 4.79 Å². The minimum Gasteiger partial charge on any atom is -0.398 e. The van der Waals surface area contributed by atoms with E-state index in [4.69, 9.17) is 5.73 Å². The fourth-order valence-corrected chi connectivity index (χ4v) is 1.72. The van der Waals surface area contributed by atoms with Gasteiger partial charge in [-0.25, -0.2) is 0 Å². The average Bonchev–Trinajstić information content (AvgIpc) is 2.19. The Labute approximate surface area is 88.1 Å². The predicted octanol–water partition coefficient (Wildman–Crippen LogP) is 2.16. The van der Waals surface area contributed by atoms with Crippen LogP contribution in [0.25, 0.3) is 10.8 Å². The molecule has 0 radical (unpaired) electrons. The summed E-state index contributed by atoms with van der Waals surface area (Å²) in [5, 5.41) is 1.52. The van der Waals surface area contributed by atoms with Crippen LogP contribution in [0, 0.1) is 0 Å². The third-order valence-corrected chi connectivity index (χ3v) is 2.56. The van der Waals surface area contributed by atoms with Crippen LogP contribution in [-0.4, -0.2) is 4.57 Å². The van der Waals surface area contributed by atoms with Gasteiger partial charge in [-0.05, 0) is 32.0 Å². The number of aromatic nitrogens is 1. The number of nitrogens with zero attached hydrogens (tertiary/aromatic N) is 1. The molecule has 3 heteroatoms. The molecule has 2 N–H and O–H groups in total. The van der Waals surface area contributed by atoms with Crippen LogP contribution < -0.4 is 11.3 Å². The van der Waals surface area contributed by atoms with Crippen LogP contribution in [0.1, 0.15) is 19.9 Å². The van der Waals surface area contributed by atoms with E-state index in [0.29, 0.717) is 11.1 Å². The molecule has 0 fully saturated rings. The number of nitrogens with two attached hydrogens (primary N) is 1. The van der Waals surface area contributed by atoms with Crippen LogP contribution >= 0.6 is 0 Å². The maximum Gasteiger partial charge on any atom is 0.258 e. The number of hydrogen-bond donors (Lipinski definition) is 1. The summed E-state index contributed by atoms with van der Waals surface area (Å²) in [5.74, 6) is 0. The van der Waals surface area contributed by atoms with E-state index >= 15 is 0 Å². The van der Waals surface area contributed by atoms with Gasteiger partial charge in [-0.1, -0.05) is 6.07 Å². The Kier molecular flexibility index (Phi) is 2.23. The second kappa shape index (κ2) is 3.42. The van der Waals surface area contributed by atoms with Crippen LogP contribution in [0.3, 0.4) is 0 Å². The van der Waals surface area contributed by atoms with Gasteiger partial charge in [-0.15, -0.1) is 0 Å². The molecule has 0 atom stereocenters. The first-order valence-corrected chi connectivity index (χ1v) is 5.00. The molecule has 0 bridgehead atoms. The molecule has 0 saturated carbocycles. The highest BCUT2D eigenvalue weighted by atomic mass is 16.1. The zero-order valence-electron chi connectivity index (χ0n) is 8.90. The third-order valence-electron chi connectivity index (χ3n) is 2.56. The first-order valence-electron chi connectivity index (χ1n) is 5.00. The Balaban J connectivity index is 2.86. The normalized spacial score (nSPS) is 11.1. The molecule has 1 aromatic heterocycles. The summed E-state index contributed by atoms with van der Waals surface area (Å²) >= 11 is 0. The summed E-state index contributed by atoms with van der Waals surface area (Å²) < 4.78 is 1.71. The SMILES string of the molecule is CC(C)n1ccc2c(N)cccc2c1=O. The van der Waals surface area contributed by atoms with Gasteiger partial charge in [0.15, 0.2) is 0 Å². The molecule has 2 rings (SSSR count). The quantitative estimate of drug-likeness (QED) is 0.720. The topological polar surface area (TPSA) is 48.0 Å².